The fraction of sp³-hybridized carbons (Fsp3) is 0.318. The maximum Gasteiger partial charge on any atom is 0.329 e. The van der Waals surface area contributed by atoms with E-state index in [4.69, 9.17) is 10.1 Å². The van der Waals surface area contributed by atoms with E-state index in [9.17, 15) is 14.4 Å². The number of piperidine rings is 1. The largest absolute Gasteiger partial charge is 0.387 e. The maximum absolute atomic E-state index is 13.0. The van der Waals surface area contributed by atoms with E-state index >= 15 is 0 Å². The number of aliphatic hydroxyl groups excluding tert-OH is 1. The van der Waals surface area contributed by atoms with E-state index in [-0.39, 0.29) is 17.3 Å². The second kappa shape index (κ2) is 8.17. The second-order valence-corrected chi connectivity index (χ2v) is 8.00. The van der Waals surface area contributed by atoms with Gasteiger partial charge in [0.25, 0.3) is 5.56 Å². The normalized spacial score (nSPS) is 14.8. The number of H-pyrrole nitrogens is 1. The number of nitrogens with zero attached hydrogens (tertiary/aromatic N) is 6. The van der Waals surface area contributed by atoms with Crippen molar-refractivity contribution in [2.24, 2.45) is 0 Å². The molecule has 1 amide bonds. The molecule has 0 aliphatic carbocycles. The third-order valence-electron chi connectivity index (χ3n) is 6.01. The summed E-state index contributed by atoms with van der Waals surface area (Å²) in [7, 11) is 0. The molecule has 0 unspecified atom stereocenters. The summed E-state index contributed by atoms with van der Waals surface area (Å²) in [4.78, 5) is 58.9. The molecule has 11 nitrogen and oxygen atoms in total. The van der Waals surface area contributed by atoms with Crippen LogP contribution in [0.2, 0.25) is 0 Å². The van der Waals surface area contributed by atoms with Crippen LogP contribution in [-0.4, -0.2) is 65.1 Å². The van der Waals surface area contributed by atoms with Gasteiger partial charge < -0.3 is 10.0 Å². The van der Waals surface area contributed by atoms with Gasteiger partial charge in [-0.05, 0) is 31.9 Å². The molecular weight excluding hydrogens is 426 g/mol. The van der Waals surface area contributed by atoms with Crippen molar-refractivity contribution in [3.63, 3.8) is 0 Å². The molecule has 0 spiro atoms. The smallest absolute Gasteiger partial charge is 0.329 e. The summed E-state index contributed by atoms with van der Waals surface area (Å²) in [5, 5.41) is 9.39. The second-order valence-electron chi connectivity index (χ2n) is 8.00. The molecule has 1 aliphatic rings. The van der Waals surface area contributed by atoms with Gasteiger partial charge in [-0.2, -0.15) is 0 Å². The number of carbonyl (C=O) groups is 1. The minimum Gasteiger partial charge on any atom is -0.387 e. The van der Waals surface area contributed by atoms with Gasteiger partial charge in [0, 0.05) is 43.3 Å². The molecule has 11 heteroatoms. The van der Waals surface area contributed by atoms with Crippen LogP contribution < -0.4 is 11.2 Å². The van der Waals surface area contributed by atoms with Crippen molar-refractivity contribution in [2.75, 3.05) is 19.7 Å². The number of likely N-dealkylation sites (tertiary alicyclic amines) is 1. The number of aromatic nitrogens is 6. The molecule has 1 fully saturated rings. The molecule has 168 valence electrons. The number of nitrogens with one attached hydrogen (secondary N) is 1. The molecule has 0 bridgehead atoms. The first-order valence-electron chi connectivity index (χ1n) is 10.6. The zero-order chi connectivity index (χ0) is 23.1. The molecule has 2 N–H and O–H groups in total. The molecule has 4 aromatic heterocycles. The number of aromatic amines is 1. The number of fused-ring (bicyclic) bond motifs is 3. The molecule has 0 saturated carbocycles. The van der Waals surface area contributed by atoms with Gasteiger partial charge in [0.1, 0.15) is 17.9 Å². The quantitative estimate of drug-likeness (QED) is 0.433. The SMILES string of the molecule is Cc1ncc(-c2ccc3ncc4c(=O)[nH]c(=O)n(C5CCN(C(=O)CO)CC5)c4c3n2)cn1. The van der Waals surface area contributed by atoms with E-state index < -0.39 is 17.9 Å². The van der Waals surface area contributed by atoms with Gasteiger partial charge in [-0.1, -0.05) is 0 Å². The third kappa shape index (κ3) is 3.65. The van der Waals surface area contributed by atoms with Crippen LogP contribution in [0.3, 0.4) is 0 Å². The Morgan fingerprint density at radius 1 is 1.12 bits per heavy atom. The Balaban J connectivity index is 1.69. The van der Waals surface area contributed by atoms with E-state index in [0.717, 1.165) is 0 Å². The van der Waals surface area contributed by atoms with E-state index in [0.29, 0.717) is 59.6 Å². The monoisotopic (exact) mass is 447 g/mol. The van der Waals surface area contributed by atoms with E-state index in [1.54, 1.807) is 40.9 Å². The van der Waals surface area contributed by atoms with Crippen molar-refractivity contribution in [3.05, 3.63) is 57.4 Å². The van der Waals surface area contributed by atoms with Crippen LogP contribution in [0.5, 0.6) is 0 Å². The first kappa shape index (κ1) is 20.9. The Bertz CT molecular complexity index is 1490. The van der Waals surface area contributed by atoms with Crippen LogP contribution in [0.4, 0.5) is 0 Å². The lowest BCUT2D eigenvalue weighted by Crippen LogP contribution is -2.43. The van der Waals surface area contributed by atoms with Gasteiger partial charge in [0.05, 0.1) is 22.1 Å². The molecule has 4 aromatic rings. The Kier molecular flexibility index (Phi) is 5.17. The van der Waals surface area contributed by atoms with Crippen LogP contribution in [0.15, 0.2) is 40.3 Å². The first-order chi connectivity index (χ1) is 16.0. The van der Waals surface area contributed by atoms with Crippen molar-refractivity contribution >= 4 is 27.8 Å². The molecule has 0 radical (unpaired) electrons. The minimum atomic E-state index is -0.544. The number of hydrogen-bond acceptors (Lipinski definition) is 8. The molecular formula is C22H21N7O4. The Hall–Kier alpha value is -3.99. The highest BCUT2D eigenvalue weighted by Crippen LogP contribution is 2.28. The summed E-state index contributed by atoms with van der Waals surface area (Å²) >= 11 is 0. The van der Waals surface area contributed by atoms with Crippen molar-refractivity contribution in [1.29, 1.82) is 0 Å². The predicted molar refractivity (Wildman–Crippen MR) is 120 cm³/mol. The number of amides is 1. The highest BCUT2D eigenvalue weighted by atomic mass is 16.3. The van der Waals surface area contributed by atoms with E-state index in [1.165, 1.54) is 6.20 Å². The Labute approximate surface area is 186 Å². The van der Waals surface area contributed by atoms with Crippen molar-refractivity contribution in [2.45, 2.75) is 25.8 Å². The molecule has 0 aromatic carbocycles. The van der Waals surface area contributed by atoms with Crippen molar-refractivity contribution < 1.29 is 9.90 Å². The summed E-state index contributed by atoms with van der Waals surface area (Å²) in [5.74, 6) is 0.298. The summed E-state index contributed by atoms with van der Waals surface area (Å²) in [6, 6.07) is 3.33. The van der Waals surface area contributed by atoms with Gasteiger partial charge in [0.2, 0.25) is 5.91 Å². The maximum atomic E-state index is 13.0. The van der Waals surface area contributed by atoms with Crippen LogP contribution in [0, 0.1) is 6.92 Å². The number of rotatable bonds is 3. The van der Waals surface area contributed by atoms with Gasteiger partial charge in [-0.25, -0.2) is 19.7 Å². The predicted octanol–water partition coefficient (Wildman–Crippen LogP) is 0.554. The molecule has 1 aliphatic heterocycles. The minimum absolute atomic E-state index is 0.252. The Morgan fingerprint density at radius 3 is 2.55 bits per heavy atom. The number of carbonyl (C=O) groups excluding carboxylic acids is 1. The lowest BCUT2D eigenvalue weighted by molar-refractivity contribution is -0.135. The third-order valence-corrected chi connectivity index (χ3v) is 6.01. The fourth-order valence-electron chi connectivity index (χ4n) is 4.30. The number of pyridine rings is 2. The highest BCUT2D eigenvalue weighted by Gasteiger charge is 2.26. The van der Waals surface area contributed by atoms with Crippen LogP contribution in [-0.2, 0) is 4.79 Å². The van der Waals surface area contributed by atoms with Crippen molar-refractivity contribution in [3.8, 4) is 11.3 Å². The fourth-order valence-corrected chi connectivity index (χ4v) is 4.30. The molecule has 5 rings (SSSR count). The number of hydrogen-bond donors (Lipinski definition) is 2. The highest BCUT2D eigenvalue weighted by molar-refractivity contribution is 6.01. The lowest BCUT2D eigenvalue weighted by atomic mass is 10.0. The Morgan fingerprint density at radius 2 is 1.85 bits per heavy atom. The zero-order valence-corrected chi connectivity index (χ0v) is 17.9. The van der Waals surface area contributed by atoms with Crippen LogP contribution in [0.25, 0.3) is 33.2 Å². The summed E-state index contributed by atoms with van der Waals surface area (Å²) in [5.41, 5.74) is 1.63. The number of aryl methyl sites for hydroxylation is 1. The first-order valence-corrected chi connectivity index (χ1v) is 10.6. The zero-order valence-electron chi connectivity index (χ0n) is 17.9. The molecule has 1 saturated heterocycles. The summed E-state index contributed by atoms with van der Waals surface area (Å²) < 4.78 is 1.56. The summed E-state index contributed by atoms with van der Waals surface area (Å²) in [6.45, 7) is 2.05. The van der Waals surface area contributed by atoms with Crippen LogP contribution >= 0.6 is 0 Å². The standard InChI is InChI=1S/C22H21N7O4/c1-12-23-8-13(9-24-12)16-2-3-17-19(26-16)20-15(10-25-17)21(32)27-22(33)29(20)14-4-6-28(7-5-14)18(31)11-30/h2-3,8-10,14,30H,4-7,11H2,1H3,(H,27,32,33). The van der Waals surface area contributed by atoms with Gasteiger partial charge >= 0.3 is 5.69 Å². The number of aliphatic hydroxyl groups is 1. The van der Waals surface area contributed by atoms with E-state index in [1.807, 2.05) is 0 Å². The van der Waals surface area contributed by atoms with Gasteiger partial charge in [0.15, 0.2) is 0 Å². The summed E-state index contributed by atoms with van der Waals surface area (Å²) in [6.07, 6.45) is 5.79. The molecule has 5 heterocycles. The van der Waals surface area contributed by atoms with Gasteiger partial charge in [-0.15, -0.1) is 0 Å². The average molecular weight is 447 g/mol. The molecule has 0 atom stereocenters. The van der Waals surface area contributed by atoms with Gasteiger partial charge in [-0.3, -0.25) is 24.1 Å². The van der Waals surface area contributed by atoms with E-state index in [2.05, 4.69) is 19.9 Å². The average Bonchev–Trinajstić information content (AvgIpc) is 2.84. The van der Waals surface area contributed by atoms with Crippen LogP contribution in [0.1, 0.15) is 24.7 Å². The molecule has 33 heavy (non-hydrogen) atoms. The van der Waals surface area contributed by atoms with Crippen molar-refractivity contribution in [1.82, 2.24) is 34.4 Å². The topological polar surface area (TPSA) is 147 Å². The lowest BCUT2D eigenvalue weighted by Gasteiger charge is -2.33.